The lowest BCUT2D eigenvalue weighted by Crippen LogP contribution is -2.41. The first kappa shape index (κ1) is 14.7. The van der Waals surface area contributed by atoms with Gasteiger partial charge in [-0.3, -0.25) is 9.36 Å². The van der Waals surface area contributed by atoms with Gasteiger partial charge in [-0.25, -0.2) is 9.37 Å². The molecule has 0 aliphatic carbocycles. The molecule has 0 unspecified atom stereocenters. The highest BCUT2D eigenvalue weighted by Crippen LogP contribution is 2.17. The van der Waals surface area contributed by atoms with Gasteiger partial charge < -0.3 is 10.1 Å². The number of hydrogen-bond acceptors (Lipinski definition) is 3. The molecule has 2 atom stereocenters. The second-order valence-corrected chi connectivity index (χ2v) is 5.44. The Labute approximate surface area is 128 Å². The molecule has 0 saturated carbocycles. The number of amides is 1. The van der Waals surface area contributed by atoms with Crippen molar-refractivity contribution < 1.29 is 13.9 Å². The Morgan fingerprint density at radius 2 is 2.23 bits per heavy atom. The van der Waals surface area contributed by atoms with Crippen LogP contribution in [-0.2, 0) is 4.74 Å². The molecule has 1 aliphatic rings. The zero-order chi connectivity index (χ0) is 15.5. The van der Waals surface area contributed by atoms with Gasteiger partial charge in [-0.2, -0.15) is 0 Å². The molecular formula is C16H18FN3O2. The van der Waals surface area contributed by atoms with Crippen molar-refractivity contribution in [3.05, 3.63) is 48.3 Å². The van der Waals surface area contributed by atoms with Crippen LogP contribution < -0.4 is 5.32 Å². The first-order chi connectivity index (χ1) is 10.6. The Balaban J connectivity index is 1.76. The van der Waals surface area contributed by atoms with Gasteiger partial charge in [0.25, 0.3) is 5.91 Å². The van der Waals surface area contributed by atoms with E-state index in [9.17, 15) is 9.18 Å². The van der Waals surface area contributed by atoms with Gasteiger partial charge in [0.2, 0.25) is 0 Å². The average molecular weight is 303 g/mol. The smallest absolute Gasteiger partial charge is 0.270 e. The molecule has 22 heavy (non-hydrogen) atoms. The average Bonchev–Trinajstić information content (AvgIpc) is 3.19. The second kappa shape index (κ2) is 6.27. The number of rotatable bonds is 4. The SMILES string of the molecule is C[C@H](NC(=O)c1cncn1-c1ccc(F)cc1)[C@@H]1CCCO1. The predicted octanol–water partition coefficient (Wildman–Crippen LogP) is 2.31. The van der Waals surface area contributed by atoms with Crippen molar-refractivity contribution in [2.45, 2.75) is 31.9 Å². The summed E-state index contributed by atoms with van der Waals surface area (Å²) in [7, 11) is 0. The minimum absolute atomic E-state index is 0.0612. The van der Waals surface area contributed by atoms with E-state index in [2.05, 4.69) is 10.3 Å². The summed E-state index contributed by atoms with van der Waals surface area (Å²) in [4.78, 5) is 16.5. The zero-order valence-corrected chi connectivity index (χ0v) is 12.3. The molecular weight excluding hydrogens is 285 g/mol. The molecule has 1 aromatic carbocycles. The summed E-state index contributed by atoms with van der Waals surface area (Å²) in [5, 5.41) is 2.95. The van der Waals surface area contributed by atoms with E-state index >= 15 is 0 Å². The normalized spacial score (nSPS) is 19.1. The highest BCUT2D eigenvalue weighted by molar-refractivity contribution is 5.93. The molecule has 6 heteroatoms. The van der Waals surface area contributed by atoms with Gasteiger partial charge in [0.05, 0.1) is 24.7 Å². The molecule has 1 N–H and O–H groups in total. The fourth-order valence-electron chi connectivity index (χ4n) is 2.64. The zero-order valence-electron chi connectivity index (χ0n) is 12.3. The molecule has 1 aliphatic heterocycles. The minimum atomic E-state index is -0.318. The Morgan fingerprint density at radius 1 is 1.45 bits per heavy atom. The van der Waals surface area contributed by atoms with E-state index < -0.39 is 0 Å². The lowest BCUT2D eigenvalue weighted by atomic mass is 10.1. The molecule has 3 rings (SSSR count). The van der Waals surface area contributed by atoms with Crippen LogP contribution in [0, 0.1) is 5.82 Å². The van der Waals surface area contributed by atoms with Crippen molar-refractivity contribution in [1.82, 2.24) is 14.9 Å². The number of ether oxygens (including phenoxy) is 1. The van der Waals surface area contributed by atoms with Crippen molar-refractivity contribution in [2.75, 3.05) is 6.61 Å². The highest BCUT2D eigenvalue weighted by atomic mass is 19.1. The van der Waals surface area contributed by atoms with Crippen molar-refractivity contribution in [3.63, 3.8) is 0 Å². The van der Waals surface area contributed by atoms with E-state index in [1.165, 1.54) is 18.3 Å². The quantitative estimate of drug-likeness (QED) is 0.943. The fourth-order valence-corrected chi connectivity index (χ4v) is 2.64. The predicted molar refractivity (Wildman–Crippen MR) is 79.4 cm³/mol. The highest BCUT2D eigenvalue weighted by Gasteiger charge is 2.25. The van der Waals surface area contributed by atoms with Crippen LogP contribution in [0.25, 0.3) is 5.69 Å². The maximum absolute atomic E-state index is 13.0. The Bertz CT molecular complexity index is 648. The molecule has 1 amide bonds. The molecule has 0 spiro atoms. The van der Waals surface area contributed by atoms with E-state index in [0.717, 1.165) is 19.4 Å². The van der Waals surface area contributed by atoms with E-state index in [0.29, 0.717) is 11.4 Å². The van der Waals surface area contributed by atoms with E-state index in [4.69, 9.17) is 4.74 Å². The lowest BCUT2D eigenvalue weighted by molar-refractivity contribution is 0.0708. The van der Waals surface area contributed by atoms with Crippen LogP contribution in [0.15, 0.2) is 36.8 Å². The molecule has 2 aromatic rings. The molecule has 0 radical (unpaired) electrons. The van der Waals surface area contributed by atoms with Crippen molar-refractivity contribution in [1.29, 1.82) is 0 Å². The molecule has 2 heterocycles. The van der Waals surface area contributed by atoms with Crippen LogP contribution >= 0.6 is 0 Å². The topological polar surface area (TPSA) is 56.2 Å². The lowest BCUT2D eigenvalue weighted by Gasteiger charge is -2.20. The fraction of sp³-hybridized carbons (Fsp3) is 0.375. The van der Waals surface area contributed by atoms with Crippen LogP contribution in [0.4, 0.5) is 4.39 Å². The third kappa shape index (κ3) is 3.01. The maximum Gasteiger partial charge on any atom is 0.270 e. The van der Waals surface area contributed by atoms with Crippen molar-refractivity contribution in [2.24, 2.45) is 0 Å². The molecule has 116 valence electrons. The summed E-state index contributed by atoms with van der Waals surface area (Å²) in [5.74, 6) is -0.535. The number of hydrogen-bond donors (Lipinski definition) is 1. The first-order valence-electron chi connectivity index (χ1n) is 7.36. The summed E-state index contributed by atoms with van der Waals surface area (Å²) >= 11 is 0. The number of carbonyl (C=O) groups excluding carboxylic acids is 1. The second-order valence-electron chi connectivity index (χ2n) is 5.44. The van der Waals surface area contributed by atoms with Crippen LogP contribution in [0.3, 0.4) is 0 Å². The van der Waals surface area contributed by atoms with Crippen molar-refractivity contribution >= 4 is 5.91 Å². The summed E-state index contributed by atoms with van der Waals surface area (Å²) in [6.07, 6.45) is 5.09. The molecule has 5 nitrogen and oxygen atoms in total. The van der Waals surface area contributed by atoms with Gasteiger partial charge in [0.15, 0.2) is 0 Å². The number of nitrogens with one attached hydrogen (secondary N) is 1. The molecule has 1 fully saturated rings. The number of halogens is 1. The number of nitrogens with zero attached hydrogens (tertiary/aromatic N) is 2. The Hall–Kier alpha value is -2.21. The molecule has 0 bridgehead atoms. The maximum atomic E-state index is 13.0. The van der Waals surface area contributed by atoms with Crippen molar-refractivity contribution in [3.8, 4) is 5.69 Å². The van der Waals surface area contributed by atoms with E-state index in [-0.39, 0.29) is 23.9 Å². The van der Waals surface area contributed by atoms with Gasteiger partial charge in [-0.05, 0) is 44.0 Å². The van der Waals surface area contributed by atoms with E-state index in [1.807, 2.05) is 6.92 Å². The van der Waals surface area contributed by atoms with Crippen LogP contribution in [0.2, 0.25) is 0 Å². The molecule has 1 saturated heterocycles. The monoisotopic (exact) mass is 303 g/mol. The van der Waals surface area contributed by atoms with Crippen LogP contribution in [0.5, 0.6) is 0 Å². The Morgan fingerprint density at radius 3 is 2.91 bits per heavy atom. The number of carbonyl (C=O) groups is 1. The largest absolute Gasteiger partial charge is 0.376 e. The van der Waals surface area contributed by atoms with Crippen LogP contribution in [-0.4, -0.2) is 34.2 Å². The van der Waals surface area contributed by atoms with E-state index in [1.54, 1.807) is 23.0 Å². The summed E-state index contributed by atoms with van der Waals surface area (Å²) in [5.41, 5.74) is 1.10. The summed E-state index contributed by atoms with van der Waals surface area (Å²) in [6.45, 7) is 2.69. The third-order valence-corrected chi connectivity index (χ3v) is 3.86. The Kier molecular flexibility index (Phi) is 4.20. The minimum Gasteiger partial charge on any atom is -0.376 e. The van der Waals surface area contributed by atoms with Gasteiger partial charge in [0, 0.05) is 12.3 Å². The van der Waals surface area contributed by atoms with Crippen LogP contribution in [0.1, 0.15) is 30.3 Å². The number of aromatic nitrogens is 2. The molecule has 1 aromatic heterocycles. The van der Waals surface area contributed by atoms with Gasteiger partial charge in [0.1, 0.15) is 11.5 Å². The van der Waals surface area contributed by atoms with Gasteiger partial charge >= 0.3 is 0 Å². The van der Waals surface area contributed by atoms with Gasteiger partial charge in [-0.1, -0.05) is 0 Å². The number of imidazole rings is 1. The standard InChI is InChI=1S/C16H18FN3O2/c1-11(15-3-2-8-22-15)19-16(21)14-9-18-10-20(14)13-6-4-12(17)5-7-13/h4-7,9-11,15H,2-3,8H2,1H3,(H,19,21)/t11-,15-/m0/s1. The third-order valence-electron chi connectivity index (χ3n) is 3.86. The number of benzene rings is 1. The first-order valence-corrected chi connectivity index (χ1v) is 7.36. The summed E-state index contributed by atoms with van der Waals surface area (Å²) < 4.78 is 20.2. The summed E-state index contributed by atoms with van der Waals surface area (Å²) in [6, 6.07) is 5.86. The van der Waals surface area contributed by atoms with Gasteiger partial charge in [-0.15, -0.1) is 0 Å².